The highest BCUT2D eigenvalue weighted by Gasteiger charge is 2.38. The Hall–Kier alpha value is -3.13. The molecule has 2 aromatic rings. The molecule has 0 radical (unpaired) electrons. The Labute approximate surface area is 197 Å². The second kappa shape index (κ2) is 12.2. The number of alkyl halides is 3. The molecule has 180 valence electrons. The van der Waals surface area contributed by atoms with Gasteiger partial charge in [0.15, 0.2) is 0 Å². The fraction of sp³-hybridized carbons (Fsp3) is 0.263. The first-order valence-corrected chi connectivity index (χ1v) is 10.4. The van der Waals surface area contributed by atoms with Gasteiger partial charge in [-0.05, 0) is 46.6 Å². The Kier molecular flexibility index (Phi) is 10.3. The van der Waals surface area contributed by atoms with Crippen molar-refractivity contribution in [1.82, 2.24) is 10.6 Å². The summed E-state index contributed by atoms with van der Waals surface area (Å²) < 4.78 is 36.8. The van der Waals surface area contributed by atoms with Crippen molar-refractivity contribution in [2.75, 3.05) is 7.11 Å². The molecule has 0 spiro atoms. The number of ether oxygens (including phenoxy) is 1. The minimum atomic E-state index is -5.08. The molecule has 2 amide bonds. The first-order chi connectivity index (χ1) is 15.3. The van der Waals surface area contributed by atoms with Crippen molar-refractivity contribution < 1.29 is 47.3 Å². The van der Waals surface area contributed by atoms with E-state index in [0.717, 1.165) is 16.9 Å². The zero-order chi connectivity index (χ0) is 25.3. The largest absolute Gasteiger partial charge is 0.508 e. The maximum absolute atomic E-state index is 12.3. The zero-order valence-electron chi connectivity index (χ0n) is 17.0. The van der Waals surface area contributed by atoms with Crippen molar-refractivity contribution in [2.24, 2.45) is 0 Å². The lowest BCUT2D eigenvalue weighted by molar-refractivity contribution is -0.192. The van der Waals surface area contributed by atoms with Gasteiger partial charge < -0.3 is 25.6 Å². The number of methoxy groups -OCH3 is 1. The van der Waals surface area contributed by atoms with Crippen molar-refractivity contribution in [3.05, 3.63) is 50.1 Å². The molecule has 9 nitrogen and oxygen atoms in total. The number of esters is 1. The van der Waals surface area contributed by atoms with Crippen LogP contribution in [0.3, 0.4) is 0 Å². The normalized spacial score (nSPS) is 11.5. The maximum atomic E-state index is 12.3. The lowest BCUT2D eigenvalue weighted by Gasteiger charge is -2.10. The number of amides is 2. The number of carboxylic acid groups (broad SMARTS) is 1. The van der Waals surface area contributed by atoms with E-state index >= 15 is 0 Å². The molecule has 33 heavy (non-hydrogen) atoms. The topological polar surface area (TPSA) is 142 Å². The summed E-state index contributed by atoms with van der Waals surface area (Å²) in [4.78, 5) is 45.4. The number of halogens is 4. The molecule has 0 saturated carbocycles. The van der Waals surface area contributed by atoms with Gasteiger partial charge in [0, 0.05) is 11.0 Å². The minimum absolute atomic E-state index is 0.120. The van der Waals surface area contributed by atoms with Crippen LogP contribution in [-0.2, 0) is 20.9 Å². The van der Waals surface area contributed by atoms with Crippen LogP contribution in [0.4, 0.5) is 13.2 Å². The Balaban J connectivity index is 0.000000675. The summed E-state index contributed by atoms with van der Waals surface area (Å²) in [5, 5.41) is 21.8. The molecule has 1 aromatic heterocycles. The molecule has 2 rings (SSSR count). The standard InChI is InChI=1S/C17H17BrN2O5S.C2HF3O2/c1-9(17(24)25-2)20-16(23)14-12(18)7-13(26-14)15(22)19-8-10-4-3-5-11(21)6-10;3-2(4,5)1(6)7/h3-7,9,21H,8H2,1-2H3,(H,19,22)(H,20,23);(H,6,7). The van der Waals surface area contributed by atoms with E-state index in [9.17, 15) is 32.7 Å². The SMILES string of the molecule is COC(=O)C(C)NC(=O)c1sc(C(=O)NCc2cccc(O)c2)cc1Br.O=C(O)C(F)(F)F. The number of carbonyl (C=O) groups is 4. The maximum Gasteiger partial charge on any atom is 0.490 e. The van der Waals surface area contributed by atoms with E-state index in [4.69, 9.17) is 9.90 Å². The summed E-state index contributed by atoms with van der Waals surface area (Å²) in [5.41, 5.74) is 0.749. The number of phenolic OH excluding ortho intramolecular Hbond substituents is 1. The molecule has 1 aromatic carbocycles. The van der Waals surface area contributed by atoms with E-state index < -0.39 is 30.1 Å². The van der Waals surface area contributed by atoms with Gasteiger partial charge in [-0.3, -0.25) is 9.59 Å². The monoisotopic (exact) mass is 554 g/mol. The number of phenols is 1. The Morgan fingerprint density at radius 1 is 1.18 bits per heavy atom. The second-order valence-corrected chi connectivity index (χ2v) is 8.07. The van der Waals surface area contributed by atoms with Crippen LogP contribution in [0.25, 0.3) is 0 Å². The van der Waals surface area contributed by atoms with Crippen LogP contribution in [0.2, 0.25) is 0 Å². The Morgan fingerprint density at radius 3 is 2.30 bits per heavy atom. The van der Waals surface area contributed by atoms with Crippen molar-refractivity contribution >= 4 is 51.0 Å². The fourth-order valence-corrected chi connectivity index (χ4v) is 3.74. The van der Waals surface area contributed by atoms with Crippen LogP contribution in [0.5, 0.6) is 5.75 Å². The van der Waals surface area contributed by atoms with E-state index in [2.05, 4.69) is 31.3 Å². The van der Waals surface area contributed by atoms with Gasteiger partial charge in [0.25, 0.3) is 11.8 Å². The van der Waals surface area contributed by atoms with E-state index in [1.807, 2.05) is 0 Å². The van der Waals surface area contributed by atoms with E-state index in [-0.39, 0.29) is 23.1 Å². The lowest BCUT2D eigenvalue weighted by Crippen LogP contribution is -2.38. The number of aromatic hydroxyl groups is 1. The number of carbonyl (C=O) groups excluding carboxylic acids is 3. The summed E-state index contributed by atoms with van der Waals surface area (Å²) in [7, 11) is 1.24. The third kappa shape index (κ3) is 9.10. The fourth-order valence-electron chi connectivity index (χ4n) is 2.07. The Morgan fingerprint density at radius 2 is 1.79 bits per heavy atom. The highest BCUT2D eigenvalue weighted by atomic mass is 79.9. The predicted molar refractivity (Wildman–Crippen MR) is 114 cm³/mol. The number of aliphatic carboxylic acids is 1. The molecule has 0 saturated heterocycles. The molecule has 14 heteroatoms. The summed E-state index contributed by atoms with van der Waals surface area (Å²) in [6.07, 6.45) is -5.08. The number of benzene rings is 1. The van der Waals surface area contributed by atoms with Gasteiger partial charge in [0.2, 0.25) is 0 Å². The van der Waals surface area contributed by atoms with Crippen molar-refractivity contribution in [3.63, 3.8) is 0 Å². The van der Waals surface area contributed by atoms with Crippen LogP contribution in [0, 0.1) is 0 Å². The summed E-state index contributed by atoms with van der Waals surface area (Å²) >= 11 is 4.26. The number of rotatable bonds is 6. The molecule has 0 bridgehead atoms. The van der Waals surface area contributed by atoms with E-state index in [1.165, 1.54) is 14.0 Å². The summed E-state index contributed by atoms with van der Waals surface area (Å²) in [6.45, 7) is 1.75. The van der Waals surface area contributed by atoms with Gasteiger partial charge >= 0.3 is 18.1 Å². The number of hydrogen-bond acceptors (Lipinski definition) is 7. The average molecular weight is 555 g/mol. The molecular formula is C19H18BrF3N2O7S. The van der Waals surface area contributed by atoms with Gasteiger partial charge in [0.1, 0.15) is 16.7 Å². The summed E-state index contributed by atoms with van der Waals surface area (Å²) in [5.74, 6) is -4.03. The van der Waals surface area contributed by atoms with Gasteiger partial charge in [-0.15, -0.1) is 11.3 Å². The summed E-state index contributed by atoms with van der Waals surface area (Å²) in [6, 6.07) is 7.30. The third-order valence-corrected chi connectivity index (χ3v) is 5.65. The van der Waals surface area contributed by atoms with Crippen LogP contribution >= 0.6 is 27.3 Å². The van der Waals surface area contributed by atoms with Crippen LogP contribution < -0.4 is 10.6 Å². The highest BCUT2D eigenvalue weighted by molar-refractivity contribution is 9.10. The Bertz CT molecular complexity index is 1030. The molecule has 4 N–H and O–H groups in total. The molecule has 1 atom stereocenters. The number of carboxylic acids is 1. The van der Waals surface area contributed by atoms with Crippen LogP contribution in [0.1, 0.15) is 31.8 Å². The first-order valence-electron chi connectivity index (χ1n) is 8.80. The van der Waals surface area contributed by atoms with Crippen molar-refractivity contribution in [3.8, 4) is 5.75 Å². The molecule has 0 aliphatic carbocycles. The average Bonchev–Trinajstić information content (AvgIpc) is 3.13. The van der Waals surface area contributed by atoms with Crippen molar-refractivity contribution in [1.29, 1.82) is 0 Å². The van der Waals surface area contributed by atoms with Gasteiger partial charge in [-0.25, -0.2) is 9.59 Å². The molecule has 0 fully saturated rings. The first kappa shape index (κ1) is 27.9. The van der Waals surface area contributed by atoms with Crippen LogP contribution in [-0.4, -0.2) is 53.3 Å². The molecular weight excluding hydrogens is 537 g/mol. The quantitative estimate of drug-likeness (QED) is 0.402. The van der Waals surface area contributed by atoms with Gasteiger partial charge in [-0.1, -0.05) is 12.1 Å². The number of nitrogens with one attached hydrogen (secondary N) is 2. The second-order valence-electron chi connectivity index (χ2n) is 6.16. The predicted octanol–water partition coefficient (Wildman–Crippen LogP) is 3.07. The highest BCUT2D eigenvalue weighted by Crippen LogP contribution is 2.27. The van der Waals surface area contributed by atoms with E-state index in [1.54, 1.807) is 30.3 Å². The lowest BCUT2D eigenvalue weighted by atomic mass is 10.2. The molecule has 0 aliphatic heterocycles. The van der Waals surface area contributed by atoms with Gasteiger partial charge in [0.05, 0.1) is 12.0 Å². The van der Waals surface area contributed by atoms with E-state index in [0.29, 0.717) is 9.35 Å². The smallest absolute Gasteiger partial charge is 0.490 e. The number of thiophene rings is 1. The van der Waals surface area contributed by atoms with Gasteiger partial charge in [-0.2, -0.15) is 13.2 Å². The number of hydrogen-bond donors (Lipinski definition) is 4. The third-order valence-electron chi connectivity index (χ3n) is 3.63. The molecule has 0 aliphatic rings. The zero-order valence-corrected chi connectivity index (χ0v) is 19.4. The van der Waals surface area contributed by atoms with Crippen molar-refractivity contribution in [2.45, 2.75) is 25.7 Å². The van der Waals surface area contributed by atoms with Crippen LogP contribution in [0.15, 0.2) is 34.8 Å². The minimum Gasteiger partial charge on any atom is -0.508 e. The molecule has 1 heterocycles. The molecule has 1 unspecified atom stereocenters.